The Labute approximate surface area is 203 Å². The van der Waals surface area contributed by atoms with Crippen molar-refractivity contribution in [3.63, 3.8) is 0 Å². The minimum absolute atomic E-state index is 0.166. The van der Waals surface area contributed by atoms with Gasteiger partial charge in [-0.3, -0.25) is 13.3 Å². The van der Waals surface area contributed by atoms with Crippen molar-refractivity contribution in [1.29, 1.82) is 0 Å². The van der Waals surface area contributed by atoms with Crippen molar-refractivity contribution in [2.45, 2.75) is 37.0 Å². The first kappa shape index (κ1) is 36.0. The Bertz CT molecular complexity index is 802. The summed E-state index contributed by atoms with van der Waals surface area (Å²) in [6.45, 7) is -2.72. The number of rotatable bonds is 16. The van der Waals surface area contributed by atoms with Gasteiger partial charge in [-0.1, -0.05) is 0 Å². The lowest BCUT2D eigenvalue weighted by molar-refractivity contribution is -0.282. The molecule has 0 bridgehead atoms. The van der Waals surface area contributed by atoms with Crippen LogP contribution in [0.1, 0.15) is 12.8 Å². The van der Waals surface area contributed by atoms with Gasteiger partial charge in [0.1, 0.15) is 0 Å². The Kier molecular flexibility index (Phi) is 12.9. The summed E-state index contributed by atoms with van der Waals surface area (Å²) in [6, 6.07) is 0. The maximum absolute atomic E-state index is 13.1. The quantitative estimate of drug-likeness (QED) is 0.112. The van der Waals surface area contributed by atoms with Gasteiger partial charge in [-0.05, 0) is 5.75 Å². The van der Waals surface area contributed by atoms with Crippen LogP contribution in [0.5, 0.6) is 0 Å². The number of phosphoric acid groups is 2. The molecule has 23 heteroatoms. The first-order valence-corrected chi connectivity index (χ1v) is 14.6. The van der Waals surface area contributed by atoms with E-state index in [4.69, 9.17) is 19.6 Å². The van der Waals surface area contributed by atoms with Crippen molar-refractivity contribution in [2.24, 2.45) is 5.41 Å². The zero-order valence-electron chi connectivity index (χ0n) is 17.5. The normalized spacial score (nSPS) is 15.8. The average Bonchev–Trinajstić information content (AvgIpc) is 2.63. The fraction of sp³-hybridized carbons (Fsp3) is 1.00. The summed E-state index contributed by atoms with van der Waals surface area (Å²) < 4.78 is 169. The molecule has 0 aromatic heterocycles. The SMILES string of the molecule is O=S(CCC(F)(F)C(F)(F)F)CC(COP(=O)(O)O)(COP(=O)(O)O)CSCCC(F)(F)C(F)(F)F. The summed E-state index contributed by atoms with van der Waals surface area (Å²) in [7, 11) is -13.6. The first-order chi connectivity index (χ1) is 15.7. The standard InChI is InChI=1S/C13H20F10O9P2S2/c14-10(15,12(18,19)20)1-3-35-7-9(5-31-33(24,25)26,6-32-34(27,28)29)8-36(30)4-2-11(16,17)13(21,22)23/h1-8H2,(H2,24,25,26)(H2,27,28,29). The third-order valence-corrected chi connectivity index (χ3v) is 7.82. The van der Waals surface area contributed by atoms with E-state index < -0.39 is 105 Å². The summed E-state index contributed by atoms with van der Waals surface area (Å²) in [5.74, 6) is -15.0. The van der Waals surface area contributed by atoms with E-state index in [1.165, 1.54) is 0 Å². The van der Waals surface area contributed by atoms with E-state index in [1.54, 1.807) is 0 Å². The summed E-state index contributed by atoms with van der Waals surface area (Å²) in [6.07, 6.45) is -15.8. The molecule has 0 aliphatic carbocycles. The van der Waals surface area contributed by atoms with E-state index in [0.717, 1.165) is 0 Å². The largest absolute Gasteiger partial charge is 0.469 e. The van der Waals surface area contributed by atoms with Crippen LogP contribution in [0.4, 0.5) is 43.9 Å². The monoisotopic (exact) mass is 636 g/mol. The Balaban J connectivity index is 5.77. The van der Waals surface area contributed by atoms with Gasteiger partial charge in [-0.25, -0.2) is 9.13 Å². The van der Waals surface area contributed by atoms with Gasteiger partial charge in [0.2, 0.25) is 0 Å². The molecule has 0 fully saturated rings. The lowest BCUT2D eigenvalue weighted by Gasteiger charge is -2.33. The van der Waals surface area contributed by atoms with E-state index in [1.807, 2.05) is 0 Å². The van der Waals surface area contributed by atoms with Crippen molar-refractivity contribution >= 4 is 38.2 Å². The van der Waals surface area contributed by atoms with Crippen molar-refractivity contribution in [2.75, 3.05) is 36.2 Å². The number of hydrogen-bond donors (Lipinski definition) is 4. The molecule has 0 heterocycles. The Morgan fingerprint density at radius 2 is 1.11 bits per heavy atom. The van der Waals surface area contributed by atoms with Gasteiger partial charge in [0, 0.05) is 46.3 Å². The number of halogens is 10. The van der Waals surface area contributed by atoms with Crippen molar-refractivity contribution < 1.29 is 85.9 Å². The van der Waals surface area contributed by atoms with Gasteiger partial charge < -0.3 is 19.6 Å². The van der Waals surface area contributed by atoms with Crippen LogP contribution in [-0.2, 0) is 29.0 Å². The molecule has 0 amide bonds. The maximum atomic E-state index is 13.1. The molecule has 9 nitrogen and oxygen atoms in total. The molecular weight excluding hydrogens is 616 g/mol. The smallest absolute Gasteiger partial charge is 0.303 e. The minimum Gasteiger partial charge on any atom is -0.303 e. The molecule has 0 saturated heterocycles. The van der Waals surface area contributed by atoms with Crippen LogP contribution in [0, 0.1) is 5.41 Å². The highest BCUT2D eigenvalue weighted by Crippen LogP contribution is 2.44. The highest BCUT2D eigenvalue weighted by Gasteiger charge is 2.57. The van der Waals surface area contributed by atoms with Crippen LogP contribution < -0.4 is 0 Å². The lowest BCUT2D eigenvalue weighted by Crippen LogP contribution is -2.42. The molecular formula is C13H20F10O9P2S2. The minimum atomic E-state index is -6.03. The second-order valence-corrected chi connectivity index (χ2v) is 12.4. The zero-order valence-corrected chi connectivity index (χ0v) is 20.9. The number of hydrogen-bond acceptors (Lipinski definition) is 6. The topological polar surface area (TPSA) is 151 Å². The molecule has 0 radical (unpaired) electrons. The predicted octanol–water partition coefficient (Wildman–Crippen LogP) is 3.85. The average molecular weight is 636 g/mol. The highest BCUT2D eigenvalue weighted by molar-refractivity contribution is 7.99. The fourth-order valence-corrected chi connectivity index (χ4v) is 5.96. The third-order valence-electron chi connectivity index (χ3n) is 3.99. The molecule has 0 aromatic carbocycles. The number of phosphoric ester groups is 2. The van der Waals surface area contributed by atoms with Crippen molar-refractivity contribution in [3.8, 4) is 0 Å². The van der Waals surface area contributed by atoms with Crippen LogP contribution >= 0.6 is 27.4 Å². The molecule has 1 unspecified atom stereocenters. The predicted molar refractivity (Wildman–Crippen MR) is 105 cm³/mol. The van der Waals surface area contributed by atoms with Gasteiger partial charge in [0.15, 0.2) is 0 Å². The van der Waals surface area contributed by atoms with E-state index in [9.17, 15) is 57.2 Å². The van der Waals surface area contributed by atoms with Crippen LogP contribution in [0.2, 0.25) is 0 Å². The van der Waals surface area contributed by atoms with Crippen molar-refractivity contribution in [3.05, 3.63) is 0 Å². The van der Waals surface area contributed by atoms with Gasteiger partial charge in [0.05, 0.1) is 13.2 Å². The van der Waals surface area contributed by atoms with Crippen LogP contribution in [-0.4, -0.2) is 84.2 Å². The fourth-order valence-electron chi connectivity index (χ4n) is 2.12. The second-order valence-electron chi connectivity index (χ2n) is 7.27. The third kappa shape index (κ3) is 13.7. The summed E-state index contributed by atoms with van der Waals surface area (Å²) >= 11 is 0.166. The Hall–Kier alpha value is 0.0200. The zero-order chi connectivity index (χ0) is 28.9. The summed E-state index contributed by atoms with van der Waals surface area (Å²) in [5, 5.41) is 0. The van der Waals surface area contributed by atoms with E-state index in [2.05, 4.69) is 9.05 Å². The summed E-state index contributed by atoms with van der Waals surface area (Å²) in [4.78, 5) is 35.5. The Morgan fingerprint density at radius 3 is 1.47 bits per heavy atom. The molecule has 0 spiro atoms. The summed E-state index contributed by atoms with van der Waals surface area (Å²) in [5.41, 5.74) is -2.32. The molecule has 0 rings (SSSR count). The van der Waals surface area contributed by atoms with Crippen LogP contribution in [0.25, 0.3) is 0 Å². The molecule has 36 heavy (non-hydrogen) atoms. The van der Waals surface area contributed by atoms with Gasteiger partial charge in [-0.15, -0.1) is 0 Å². The molecule has 218 valence electrons. The van der Waals surface area contributed by atoms with E-state index in [0.29, 0.717) is 0 Å². The molecule has 0 aliphatic heterocycles. The molecule has 0 aromatic rings. The lowest BCUT2D eigenvalue weighted by atomic mass is 9.96. The van der Waals surface area contributed by atoms with Crippen LogP contribution in [0.15, 0.2) is 0 Å². The van der Waals surface area contributed by atoms with Crippen LogP contribution in [0.3, 0.4) is 0 Å². The first-order valence-electron chi connectivity index (χ1n) is 8.94. The van der Waals surface area contributed by atoms with Gasteiger partial charge in [0.25, 0.3) is 0 Å². The number of thioether (sulfide) groups is 1. The number of alkyl halides is 10. The molecule has 4 N–H and O–H groups in total. The molecule has 0 aliphatic rings. The van der Waals surface area contributed by atoms with Gasteiger partial charge >= 0.3 is 39.8 Å². The molecule has 1 atom stereocenters. The van der Waals surface area contributed by atoms with E-state index >= 15 is 0 Å². The second kappa shape index (κ2) is 12.9. The highest BCUT2D eigenvalue weighted by atomic mass is 32.2. The Morgan fingerprint density at radius 1 is 0.722 bits per heavy atom. The van der Waals surface area contributed by atoms with Crippen molar-refractivity contribution in [1.82, 2.24) is 0 Å². The maximum Gasteiger partial charge on any atom is 0.469 e. The van der Waals surface area contributed by atoms with E-state index in [-0.39, 0.29) is 11.8 Å². The molecule has 0 saturated carbocycles. The van der Waals surface area contributed by atoms with Gasteiger partial charge in [-0.2, -0.15) is 55.7 Å².